The van der Waals surface area contributed by atoms with Gasteiger partial charge < -0.3 is 14.5 Å². The first-order chi connectivity index (χ1) is 12.5. The number of carbonyl (C=O) groups is 2. The van der Waals surface area contributed by atoms with E-state index in [1.165, 1.54) is 12.1 Å². The quantitative estimate of drug-likeness (QED) is 0.805. The second kappa shape index (κ2) is 8.47. The summed E-state index contributed by atoms with van der Waals surface area (Å²) in [5.74, 6) is 0.351. The molecule has 0 saturated carbocycles. The lowest BCUT2D eigenvalue weighted by molar-refractivity contribution is -0.139. The molecular formula is C19H24F2N2O3. The van der Waals surface area contributed by atoms with E-state index in [1.54, 1.807) is 17.0 Å². The molecule has 7 heteroatoms. The third kappa shape index (κ3) is 4.71. The van der Waals surface area contributed by atoms with Gasteiger partial charge >= 0.3 is 6.61 Å². The second-order valence-corrected chi connectivity index (χ2v) is 6.89. The van der Waals surface area contributed by atoms with Gasteiger partial charge in [-0.3, -0.25) is 9.59 Å². The Bertz CT molecular complexity index is 622. The molecule has 1 aromatic rings. The molecule has 0 unspecified atom stereocenters. The average molecular weight is 366 g/mol. The molecule has 0 aliphatic carbocycles. The van der Waals surface area contributed by atoms with Gasteiger partial charge in [0.2, 0.25) is 11.8 Å². The van der Waals surface area contributed by atoms with Gasteiger partial charge in [0.25, 0.3) is 0 Å². The molecule has 2 aliphatic rings. The van der Waals surface area contributed by atoms with Crippen LogP contribution >= 0.6 is 0 Å². The Labute approximate surface area is 151 Å². The zero-order chi connectivity index (χ0) is 18.5. The molecule has 5 nitrogen and oxygen atoms in total. The third-order valence-electron chi connectivity index (χ3n) is 5.12. The Hall–Kier alpha value is -2.18. The minimum atomic E-state index is -2.85. The molecule has 2 amide bonds. The van der Waals surface area contributed by atoms with E-state index in [2.05, 4.69) is 4.74 Å². The minimum Gasteiger partial charge on any atom is -0.435 e. The van der Waals surface area contributed by atoms with Crippen molar-refractivity contribution >= 4 is 11.8 Å². The molecule has 2 heterocycles. The minimum absolute atomic E-state index is 0.000371. The van der Waals surface area contributed by atoms with Crippen LogP contribution in [-0.2, 0) is 16.0 Å². The van der Waals surface area contributed by atoms with Gasteiger partial charge in [-0.25, -0.2) is 0 Å². The first-order valence-electron chi connectivity index (χ1n) is 9.13. The summed E-state index contributed by atoms with van der Waals surface area (Å²) in [5.41, 5.74) is 0.756. The highest BCUT2D eigenvalue weighted by atomic mass is 19.3. The number of alkyl halides is 2. The van der Waals surface area contributed by atoms with Gasteiger partial charge in [0.15, 0.2) is 0 Å². The van der Waals surface area contributed by atoms with E-state index in [9.17, 15) is 18.4 Å². The van der Waals surface area contributed by atoms with Gasteiger partial charge in [0.05, 0.1) is 6.42 Å². The van der Waals surface area contributed by atoms with Crippen molar-refractivity contribution in [2.75, 3.05) is 26.2 Å². The standard InChI is InChI=1S/C19H24F2N2O3/c20-19(21)26-16-5-3-14(4-6-16)13-17(24)22-11-7-15(8-12-22)18(25)23-9-1-2-10-23/h3-6,15,19H,1-2,7-13H2. The van der Waals surface area contributed by atoms with Crippen molar-refractivity contribution in [3.05, 3.63) is 29.8 Å². The lowest BCUT2D eigenvalue weighted by Crippen LogP contribution is -2.44. The number of carbonyl (C=O) groups excluding carboxylic acids is 2. The summed E-state index contributed by atoms with van der Waals surface area (Å²) in [6, 6.07) is 6.13. The molecule has 0 spiro atoms. The summed E-state index contributed by atoms with van der Waals surface area (Å²) in [4.78, 5) is 28.6. The maximum atomic E-state index is 12.4. The highest BCUT2D eigenvalue weighted by molar-refractivity contribution is 5.81. The van der Waals surface area contributed by atoms with E-state index >= 15 is 0 Å². The summed E-state index contributed by atoms with van der Waals surface area (Å²) >= 11 is 0. The Kier molecular flexibility index (Phi) is 6.06. The molecule has 0 N–H and O–H groups in total. The first kappa shape index (κ1) is 18.6. The molecule has 26 heavy (non-hydrogen) atoms. The third-order valence-corrected chi connectivity index (χ3v) is 5.12. The molecule has 0 aromatic heterocycles. The molecule has 0 radical (unpaired) electrons. The van der Waals surface area contributed by atoms with Crippen molar-refractivity contribution < 1.29 is 23.1 Å². The van der Waals surface area contributed by atoms with E-state index in [0.29, 0.717) is 25.9 Å². The highest BCUT2D eigenvalue weighted by Crippen LogP contribution is 2.23. The Balaban J connectivity index is 1.46. The maximum Gasteiger partial charge on any atom is 0.387 e. The number of hydrogen-bond donors (Lipinski definition) is 0. The van der Waals surface area contributed by atoms with Gasteiger partial charge in [-0.1, -0.05) is 12.1 Å². The molecule has 1 aromatic carbocycles. The van der Waals surface area contributed by atoms with E-state index in [-0.39, 0.29) is 29.9 Å². The number of halogens is 2. The fourth-order valence-corrected chi connectivity index (χ4v) is 3.65. The van der Waals surface area contributed by atoms with Crippen molar-refractivity contribution in [3.8, 4) is 5.75 Å². The first-order valence-corrected chi connectivity index (χ1v) is 9.13. The molecular weight excluding hydrogens is 342 g/mol. The highest BCUT2D eigenvalue weighted by Gasteiger charge is 2.31. The van der Waals surface area contributed by atoms with Crippen LogP contribution in [-0.4, -0.2) is 54.4 Å². The van der Waals surface area contributed by atoms with Gasteiger partial charge in [0, 0.05) is 32.1 Å². The zero-order valence-electron chi connectivity index (χ0n) is 14.7. The number of benzene rings is 1. The van der Waals surface area contributed by atoms with Crippen molar-refractivity contribution in [1.29, 1.82) is 0 Å². The van der Waals surface area contributed by atoms with Gasteiger partial charge in [-0.2, -0.15) is 8.78 Å². The van der Waals surface area contributed by atoms with Crippen LogP contribution in [0.1, 0.15) is 31.2 Å². The molecule has 0 atom stereocenters. The van der Waals surface area contributed by atoms with Crippen LogP contribution < -0.4 is 4.74 Å². The topological polar surface area (TPSA) is 49.9 Å². The monoisotopic (exact) mass is 366 g/mol. The van der Waals surface area contributed by atoms with Crippen LogP contribution in [0.2, 0.25) is 0 Å². The predicted octanol–water partition coefficient (Wildman–Crippen LogP) is 2.69. The average Bonchev–Trinajstić information content (AvgIpc) is 3.17. The van der Waals surface area contributed by atoms with E-state index in [1.807, 2.05) is 4.90 Å². The van der Waals surface area contributed by atoms with Crippen molar-refractivity contribution in [3.63, 3.8) is 0 Å². The van der Waals surface area contributed by atoms with Crippen molar-refractivity contribution in [1.82, 2.24) is 9.80 Å². The van der Waals surface area contributed by atoms with Crippen molar-refractivity contribution in [2.24, 2.45) is 5.92 Å². The predicted molar refractivity (Wildman–Crippen MR) is 91.9 cm³/mol. The van der Waals surface area contributed by atoms with E-state index in [4.69, 9.17) is 0 Å². The Morgan fingerprint density at radius 3 is 2.19 bits per heavy atom. The lowest BCUT2D eigenvalue weighted by Gasteiger charge is -2.33. The normalized spacial score (nSPS) is 18.4. The number of rotatable bonds is 5. The summed E-state index contributed by atoms with van der Waals surface area (Å²) < 4.78 is 28.6. The maximum absolute atomic E-state index is 12.4. The smallest absolute Gasteiger partial charge is 0.387 e. The zero-order valence-corrected chi connectivity index (χ0v) is 14.7. The summed E-state index contributed by atoms with van der Waals surface area (Å²) in [6.45, 7) is 0.0599. The second-order valence-electron chi connectivity index (χ2n) is 6.89. The summed E-state index contributed by atoms with van der Waals surface area (Å²) in [6.07, 6.45) is 3.82. The van der Waals surface area contributed by atoms with Gasteiger partial charge in [-0.05, 0) is 43.4 Å². The van der Waals surface area contributed by atoms with Crippen LogP contribution in [0.15, 0.2) is 24.3 Å². The summed E-state index contributed by atoms with van der Waals surface area (Å²) in [7, 11) is 0. The van der Waals surface area contributed by atoms with Crippen LogP contribution in [0.5, 0.6) is 5.75 Å². The fraction of sp³-hybridized carbons (Fsp3) is 0.579. The summed E-state index contributed by atoms with van der Waals surface area (Å²) in [5, 5.41) is 0. The number of ether oxygens (including phenoxy) is 1. The molecule has 3 rings (SSSR count). The van der Waals surface area contributed by atoms with Crippen LogP contribution in [0.4, 0.5) is 8.78 Å². The SMILES string of the molecule is O=C(Cc1ccc(OC(F)F)cc1)N1CCC(C(=O)N2CCCC2)CC1. The molecule has 2 aliphatic heterocycles. The fourth-order valence-electron chi connectivity index (χ4n) is 3.65. The van der Waals surface area contributed by atoms with Crippen LogP contribution in [0, 0.1) is 5.92 Å². The van der Waals surface area contributed by atoms with E-state index < -0.39 is 6.61 Å². The van der Waals surface area contributed by atoms with E-state index in [0.717, 1.165) is 31.5 Å². The number of piperidine rings is 1. The molecule has 142 valence electrons. The number of amides is 2. The van der Waals surface area contributed by atoms with Crippen LogP contribution in [0.3, 0.4) is 0 Å². The number of likely N-dealkylation sites (tertiary alicyclic amines) is 2. The van der Waals surface area contributed by atoms with Crippen LogP contribution in [0.25, 0.3) is 0 Å². The van der Waals surface area contributed by atoms with Crippen molar-refractivity contribution in [2.45, 2.75) is 38.7 Å². The Morgan fingerprint density at radius 2 is 1.62 bits per heavy atom. The van der Waals surface area contributed by atoms with Gasteiger partial charge in [0.1, 0.15) is 5.75 Å². The molecule has 2 fully saturated rings. The molecule has 2 saturated heterocycles. The lowest BCUT2D eigenvalue weighted by atomic mass is 9.95. The number of nitrogens with zero attached hydrogens (tertiary/aromatic N) is 2. The molecule has 0 bridgehead atoms. The Morgan fingerprint density at radius 1 is 1.00 bits per heavy atom. The van der Waals surface area contributed by atoms with Gasteiger partial charge in [-0.15, -0.1) is 0 Å². The number of hydrogen-bond acceptors (Lipinski definition) is 3. The largest absolute Gasteiger partial charge is 0.435 e.